The minimum absolute atomic E-state index is 0.0330. The van der Waals surface area contributed by atoms with Crippen molar-refractivity contribution in [3.8, 4) is 22.8 Å². The van der Waals surface area contributed by atoms with Gasteiger partial charge in [0.25, 0.3) is 5.91 Å². The number of aromatic nitrogens is 1. The second kappa shape index (κ2) is 13.2. The quantitative estimate of drug-likeness (QED) is 0.111. The van der Waals surface area contributed by atoms with E-state index in [1.54, 1.807) is 31.3 Å². The Morgan fingerprint density at radius 3 is 2.60 bits per heavy atom. The summed E-state index contributed by atoms with van der Waals surface area (Å²) in [7, 11) is 3.00. The third kappa shape index (κ3) is 6.29. The number of amides is 2. The first kappa shape index (κ1) is 32.9. The van der Waals surface area contributed by atoms with Crippen molar-refractivity contribution in [3.63, 3.8) is 0 Å². The van der Waals surface area contributed by atoms with E-state index in [4.69, 9.17) is 31.8 Å². The number of likely N-dealkylation sites (N-methyl/N-ethyl adjacent to an activating group) is 1. The molecule has 2 heterocycles. The van der Waals surface area contributed by atoms with Crippen molar-refractivity contribution in [2.75, 3.05) is 33.0 Å². The Bertz CT molecular complexity index is 1940. The van der Waals surface area contributed by atoms with Gasteiger partial charge in [-0.3, -0.25) is 14.6 Å². The van der Waals surface area contributed by atoms with Gasteiger partial charge in [0.05, 0.1) is 29.6 Å². The van der Waals surface area contributed by atoms with Crippen molar-refractivity contribution in [1.82, 2.24) is 15.6 Å². The van der Waals surface area contributed by atoms with Gasteiger partial charge in [-0.1, -0.05) is 41.9 Å². The molecule has 1 aliphatic heterocycles. The Morgan fingerprint density at radius 2 is 1.92 bits per heavy atom. The van der Waals surface area contributed by atoms with E-state index in [0.29, 0.717) is 39.9 Å². The number of nitrogens with zero attached hydrogens (tertiary/aromatic N) is 2. The number of benzene rings is 3. The number of pyridine rings is 1. The number of fused-ring (bicyclic) bond motifs is 1. The van der Waals surface area contributed by atoms with Crippen LogP contribution in [0.1, 0.15) is 58.4 Å². The zero-order valence-corrected chi connectivity index (χ0v) is 27.3. The maximum atomic E-state index is 15.4. The van der Waals surface area contributed by atoms with Crippen LogP contribution in [0, 0.1) is 11.6 Å². The van der Waals surface area contributed by atoms with Crippen LogP contribution in [0.4, 0.5) is 14.5 Å². The van der Waals surface area contributed by atoms with E-state index in [0.717, 1.165) is 24.5 Å². The summed E-state index contributed by atoms with van der Waals surface area (Å²) in [6, 6.07) is 16.4. The maximum Gasteiger partial charge on any atom is 0.251 e. The first-order valence-electron chi connectivity index (χ1n) is 15.4. The number of anilines is 1. The maximum absolute atomic E-state index is 15.4. The molecule has 9 nitrogen and oxygen atoms in total. The van der Waals surface area contributed by atoms with E-state index in [1.165, 1.54) is 14.2 Å². The smallest absolute Gasteiger partial charge is 0.251 e. The van der Waals surface area contributed by atoms with Crippen LogP contribution in [-0.2, 0) is 10.2 Å². The molecule has 48 heavy (non-hydrogen) atoms. The second-order valence-corrected chi connectivity index (χ2v) is 12.5. The molecule has 3 aromatic carbocycles. The molecule has 0 unspecified atom stereocenters. The molecular formula is C36H34ClF2N5O4. The number of ether oxygens (including phenoxy) is 2. The molecule has 4 aromatic rings. The van der Waals surface area contributed by atoms with E-state index >= 15 is 4.39 Å². The van der Waals surface area contributed by atoms with E-state index in [1.807, 2.05) is 30.3 Å². The van der Waals surface area contributed by atoms with Gasteiger partial charge < -0.3 is 25.8 Å². The summed E-state index contributed by atoms with van der Waals surface area (Å²) in [5.74, 6) is -2.57. The van der Waals surface area contributed by atoms with Crippen LogP contribution >= 0.6 is 11.6 Å². The highest BCUT2D eigenvalue weighted by Gasteiger charge is 2.45. The molecule has 0 spiro atoms. The Morgan fingerprint density at radius 1 is 1.17 bits per heavy atom. The minimum Gasteiger partial charge on any atom is -0.495 e. The largest absolute Gasteiger partial charge is 0.495 e. The fraction of sp³-hybridized carbons (Fsp3) is 0.278. The SMILES string of the molecule is CNC(=O)[C@@]1(C)COc2c1cc([C@@H](CNC(=O)c1cc(C=NC3CC3)c(N)c(OC)c1)c1ccccc1)nc2-c1cc(Cl)c(F)cc1F. The summed E-state index contributed by atoms with van der Waals surface area (Å²) in [6.07, 6.45) is 3.70. The fourth-order valence-electron chi connectivity index (χ4n) is 5.77. The van der Waals surface area contributed by atoms with Crippen molar-refractivity contribution in [2.45, 2.75) is 37.1 Å². The fourth-order valence-corrected chi connectivity index (χ4v) is 5.94. The van der Waals surface area contributed by atoms with E-state index in [2.05, 4.69) is 15.6 Å². The van der Waals surface area contributed by atoms with Crippen LogP contribution in [0.25, 0.3) is 11.3 Å². The lowest BCUT2D eigenvalue weighted by molar-refractivity contribution is -0.126. The lowest BCUT2D eigenvalue weighted by Gasteiger charge is -2.24. The van der Waals surface area contributed by atoms with Gasteiger partial charge in [-0.2, -0.15) is 0 Å². The number of aliphatic imine (C=N–C) groups is 1. The van der Waals surface area contributed by atoms with Crippen molar-refractivity contribution in [1.29, 1.82) is 0 Å². The van der Waals surface area contributed by atoms with Crippen LogP contribution in [0.2, 0.25) is 5.02 Å². The number of nitrogens with one attached hydrogen (secondary N) is 2. The van der Waals surface area contributed by atoms with Gasteiger partial charge in [0, 0.05) is 54.0 Å². The number of nitrogen functional groups attached to an aromatic ring is 1. The molecule has 1 fully saturated rings. The van der Waals surface area contributed by atoms with Gasteiger partial charge in [-0.25, -0.2) is 13.8 Å². The van der Waals surface area contributed by atoms with Gasteiger partial charge in [-0.05, 0) is 49.6 Å². The molecule has 12 heteroatoms. The highest BCUT2D eigenvalue weighted by atomic mass is 35.5. The van der Waals surface area contributed by atoms with Crippen LogP contribution in [0.15, 0.2) is 65.7 Å². The highest BCUT2D eigenvalue weighted by Crippen LogP contribution is 2.47. The van der Waals surface area contributed by atoms with E-state index < -0.39 is 28.9 Å². The summed E-state index contributed by atoms with van der Waals surface area (Å²) >= 11 is 6.09. The molecule has 1 saturated carbocycles. The highest BCUT2D eigenvalue weighted by molar-refractivity contribution is 6.31. The zero-order chi connectivity index (χ0) is 34.2. The molecule has 2 aliphatic rings. The molecule has 248 valence electrons. The lowest BCUT2D eigenvalue weighted by atomic mass is 9.81. The third-order valence-corrected chi connectivity index (χ3v) is 9.03. The van der Waals surface area contributed by atoms with Crippen LogP contribution in [0.3, 0.4) is 0 Å². The van der Waals surface area contributed by atoms with Crippen molar-refractivity contribution in [2.24, 2.45) is 4.99 Å². The predicted octanol–water partition coefficient (Wildman–Crippen LogP) is 5.81. The topological polar surface area (TPSA) is 128 Å². The summed E-state index contributed by atoms with van der Waals surface area (Å²) in [5, 5.41) is 5.39. The van der Waals surface area contributed by atoms with Gasteiger partial charge in [0.2, 0.25) is 5.91 Å². The molecule has 1 aliphatic carbocycles. The number of carbonyl (C=O) groups excluding carboxylic acids is 2. The summed E-state index contributed by atoms with van der Waals surface area (Å²) in [4.78, 5) is 36.2. The Labute approximate surface area is 281 Å². The number of hydrogen-bond donors (Lipinski definition) is 3. The van der Waals surface area contributed by atoms with Crippen molar-refractivity contribution in [3.05, 3.63) is 105 Å². The molecule has 2 amide bonds. The van der Waals surface area contributed by atoms with Gasteiger partial charge in [0.1, 0.15) is 40.8 Å². The Kier molecular flexibility index (Phi) is 9.07. The monoisotopic (exact) mass is 673 g/mol. The molecule has 6 rings (SSSR count). The molecule has 4 N–H and O–H groups in total. The van der Waals surface area contributed by atoms with Crippen LogP contribution < -0.4 is 25.8 Å². The molecule has 1 aromatic heterocycles. The normalized spacial score (nSPS) is 17.5. The molecule has 2 atom stereocenters. The number of rotatable bonds is 10. The zero-order valence-electron chi connectivity index (χ0n) is 26.6. The summed E-state index contributed by atoms with van der Waals surface area (Å²) in [5.41, 5.74) is 8.05. The van der Waals surface area contributed by atoms with Gasteiger partial charge in [0.15, 0.2) is 0 Å². The van der Waals surface area contributed by atoms with Gasteiger partial charge in [-0.15, -0.1) is 0 Å². The lowest BCUT2D eigenvalue weighted by Crippen LogP contribution is -2.42. The third-order valence-electron chi connectivity index (χ3n) is 8.74. The molecule has 0 radical (unpaired) electrons. The number of carbonyl (C=O) groups is 2. The average molecular weight is 674 g/mol. The average Bonchev–Trinajstić information content (AvgIpc) is 3.86. The second-order valence-electron chi connectivity index (χ2n) is 12.1. The van der Waals surface area contributed by atoms with Crippen molar-refractivity contribution >= 4 is 35.3 Å². The summed E-state index contributed by atoms with van der Waals surface area (Å²) in [6.45, 7) is 1.75. The molecule has 0 saturated heterocycles. The molecular weight excluding hydrogens is 640 g/mol. The number of nitrogens with two attached hydrogens (primary N) is 1. The first-order valence-corrected chi connectivity index (χ1v) is 15.8. The van der Waals surface area contributed by atoms with Crippen LogP contribution in [0.5, 0.6) is 11.5 Å². The number of hydrogen-bond acceptors (Lipinski definition) is 7. The van der Waals surface area contributed by atoms with E-state index in [-0.39, 0.29) is 47.1 Å². The van der Waals surface area contributed by atoms with Gasteiger partial charge >= 0.3 is 0 Å². The van der Waals surface area contributed by atoms with Crippen molar-refractivity contribution < 1.29 is 27.8 Å². The standard InChI is InChI=1S/C36H34ClF2N5O4/c1-36(35(46)41-2)18-48-33-25(36)14-29(44-32(33)23-13-26(37)28(39)15-27(23)38)24(19-7-5-4-6-8-19)17-43-34(45)20-11-21(16-42-22-9-10-22)31(40)30(12-20)47-3/h4-8,11-16,22,24H,9-10,17-18,40H2,1-3H3,(H,41,46)(H,43,45)/t24-,36-/m0/s1. The Balaban J connectivity index is 1.43. The predicted molar refractivity (Wildman–Crippen MR) is 180 cm³/mol. The first-order chi connectivity index (χ1) is 23.0. The van der Waals surface area contributed by atoms with E-state index in [9.17, 15) is 14.0 Å². The number of halogens is 3. The number of methoxy groups -OCH3 is 1. The Hall–Kier alpha value is -5.03. The summed E-state index contributed by atoms with van der Waals surface area (Å²) < 4.78 is 41.0. The molecule has 0 bridgehead atoms. The minimum atomic E-state index is -1.15. The van der Waals surface area contributed by atoms with Crippen LogP contribution in [-0.4, -0.2) is 56.4 Å².